The fourth-order valence-corrected chi connectivity index (χ4v) is 2.97. The van der Waals surface area contributed by atoms with Crippen molar-refractivity contribution in [3.63, 3.8) is 0 Å². The van der Waals surface area contributed by atoms with Crippen LogP contribution in [-0.2, 0) is 12.0 Å². The van der Waals surface area contributed by atoms with Gasteiger partial charge in [0, 0.05) is 5.69 Å². The van der Waals surface area contributed by atoms with Gasteiger partial charge in [0.05, 0.1) is 5.54 Å². The number of rotatable bonds is 2. The number of hydrogen-bond donors (Lipinski definition) is 1. The molecule has 0 saturated heterocycles. The van der Waals surface area contributed by atoms with Crippen LogP contribution in [0.25, 0.3) is 0 Å². The lowest BCUT2D eigenvalue weighted by Gasteiger charge is -2.40. The van der Waals surface area contributed by atoms with E-state index in [-0.39, 0.29) is 5.54 Å². The van der Waals surface area contributed by atoms with Crippen LogP contribution in [-0.4, -0.2) is 0 Å². The Balaban J connectivity index is 2.01. The van der Waals surface area contributed by atoms with Crippen molar-refractivity contribution >= 4 is 5.69 Å². The number of para-hydroxylation sites is 1. The third-order valence-corrected chi connectivity index (χ3v) is 4.14. The maximum Gasteiger partial charge on any atom is 0.0625 e. The first-order valence-electron chi connectivity index (χ1n) is 6.76. The monoisotopic (exact) mass is 237 g/mol. The SMILES string of the molecule is CCC1(c2ccccc2)CCc2ccccc2N1. The van der Waals surface area contributed by atoms with Gasteiger partial charge in [-0.05, 0) is 36.5 Å². The third-order valence-electron chi connectivity index (χ3n) is 4.14. The Morgan fingerprint density at radius 2 is 1.72 bits per heavy atom. The first-order chi connectivity index (χ1) is 8.84. The fourth-order valence-electron chi connectivity index (χ4n) is 2.97. The Bertz CT molecular complexity index is 532. The molecule has 3 rings (SSSR count). The van der Waals surface area contributed by atoms with E-state index in [1.807, 2.05) is 0 Å². The van der Waals surface area contributed by atoms with Crippen molar-refractivity contribution in [2.75, 3.05) is 5.32 Å². The molecule has 1 heterocycles. The summed E-state index contributed by atoms with van der Waals surface area (Å²) >= 11 is 0. The number of hydrogen-bond acceptors (Lipinski definition) is 1. The van der Waals surface area contributed by atoms with Crippen LogP contribution in [0.1, 0.15) is 30.9 Å². The standard InChI is InChI=1S/C17H19N/c1-2-17(15-9-4-3-5-10-15)13-12-14-8-6-7-11-16(14)18-17/h3-11,18H,2,12-13H2,1H3. The normalized spacial score (nSPS) is 22.1. The van der Waals surface area contributed by atoms with E-state index in [1.165, 1.54) is 23.2 Å². The highest BCUT2D eigenvalue weighted by Gasteiger charge is 2.33. The summed E-state index contributed by atoms with van der Waals surface area (Å²) in [6.07, 6.45) is 3.45. The maximum absolute atomic E-state index is 3.78. The molecule has 1 nitrogen and oxygen atoms in total. The van der Waals surface area contributed by atoms with E-state index in [0.29, 0.717) is 0 Å². The summed E-state index contributed by atoms with van der Waals surface area (Å²) in [6, 6.07) is 19.5. The lowest BCUT2D eigenvalue weighted by Crippen LogP contribution is -2.38. The summed E-state index contributed by atoms with van der Waals surface area (Å²) in [5.74, 6) is 0. The van der Waals surface area contributed by atoms with Gasteiger partial charge in [0.1, 0.15) is 0 Å². The fraction of sp³-hybridized carbons (Fsp3) is 0.294. The zero-order valence-corrected chi connectivity index (χ0v) is 10.8. The molecule has 1 unspecified atom stereocenters. The molecule has 0 aromatic heterocycles. The van der Waals surface area contributed by atoms with E-state index in [4.69, 9.17) is 0 Å². The molecule has 1 aliphatic heterocycles. The minimum atomic E-state index is 0.107. The van der Waals surface area contributed by atoms with Gasteiger partial charge in [0.2, 0.25) is 0 Å². The van der Waals surface area contributed by atoms with Crippen molar-refractivity contribution in [2.24, 2.45) is 0 Å². The molecule has 1 N–H and O–H groups in total. The van der Waals surface area contributed by atoms with Crippen molar-refractivity contribution in [2.45, 2.75) is 31.7 Å². The molecule has 1 atom stereocenters. The Morgan fingerprint density at radius 1 is 1.00 bits per heavy atom. The van der Waals surface area contributed by atoms with Crippen molar-refractivity contribution in [1.29, 1.82) is 0 Å². The van der Waals surface area contributed by atoms with E-state index in [9.17, 15) is 0 Å². The predicted molar refractivity (Wildman–Crippen MR) is 76.8 cm³/mol. The minimum absolute atomic E-state index is 0.107. The first-order valence-corrected chi connectivity index (χ1v) is 6.76. The van der Waals surface area contributed by atoms with E-state index < -0.39 is 0 Å². The van der Waals surface area contributed by atoms with Crippen molar-refractivity contribution in [1.82, 2.24) is 0 Å². The third kappa shape index (κ3) is 1.80. The molecule has 0 radical (unpaired) electrons. The minimum Gasteiger partial charge on any atom is -0.375 e. The van der Waals surface area contributed by atoms with Crippen molar-refractivity contribution in [3.8, 4) is 0 Å². The van der Waals surface area contributed by atoms with Gasteiger partial charge < -0.3 is 5.32 Å². The molecule has 0 saturated carbocycles. The highest BCUT2D eigenvalue weighted by atomic mass is 15.0. The summed E-state index contributed by atoms with van der Waals surface area (Å²) in [7, 11) is 0. The molecule has 1 aliphatic rings. The molecule has 92 valence electrons. The molecule has 0 bridgehead atoms. The Kier molecular flexibility index (Phi) is 2.83. The summed E-state index contributed by atoms with van der Waals surface area (Å²) in [5.41, 5.74) is 4.25. The average Bonchev–Trinajstić information content (AvgIpc) is 2.47. The highest BCUT2D eigenvalue weighted by molar-refractivity contribution is 5.56. The van der Waals surface area contributed by atoms with E-state index in [2.05, 4.69) is 66.8 Å². The van der Waals surface area contributed by atoms with Gasteiger partial charge in [0.15, 0.2) is 0 Å². The van der Waals surface area contributed by atoms with E-state index >= 15 is 0 Å². The second-order valence-electron chi connectivity index (χ2n) is 5.08. The molecule has 1 heteroatoms. The average molecular weight is 237 g/mol. The molecule has 0 aliphatic carbocycles. The zero-order valence-electron chi connectivity index (χ0n) is 10.8. The van der Waals surface area contributed by atoms with Crippen molar-refractivity contribution < 1.29 is 0 Å². The zero-order chi connectivity index (χ0) is 12.4. The predicted octanol–water partition coefficient (Wildman–Crippen LogP) is 4.35. The van der Waals surface area contributed by atoms with Crippen LogP contribution in [0.2, 0.25) is 0 Å². The van der Waals surface area contributed by atoms with Gasteiger partial charge in [-0.3, -0.25) is 0 Å². The molecular formula is C17H19N. The second-order valence-corrected chi connectivity index (χ2v) is 5.08. The Hall–Kier alpha value is -1.76. The lowest BCUT2D eigenvalue weighted by molar-refractivity contribution is 0.421. The van der Waals surface area contributed by atoms with Crippen LogP contribution >= 0.6 is 0 Å². The molecule has 0 amide bonds. The summed E-state index contributed by atoms with van der Waals surface area (Å²) in [4.78, 5) is 0. The van der Waals surface area contributed by atoms with Crippen molar-refractivity contribution in [3.05, 3.63) is 65.7 Å². The topological polar surface area (TPSA) is 12.0 Å². The molecule has 0 spiro atoms. The van der Waals surface area contributed by atoms with Crippen LogP contribution in [0.3, 0.4) is 0 Å². The Labute approximate surface area is 109 Å². The molecule has 0 fully saturated rings. The lowest BCUT2D eigenvalue weighted by atomic mass is 9.79. The molecule has 18 heavy (non-hydrogen) atoms. The molecular weight excluding hydrogens is 218 g/mol. The van der Waals surface area contributed by atoms with Gasteiger partial charge in [0.25, 0.3) is 0 Å². The van der Waals surface area contributed by atoms with Gasteiger partial charge in [-0.15, -0.1) is 0 Å². The number of aryl methyl sites for hydroxylation is 1. The Morgan fingerprint density at radius 3 is 2.50 bits per heavy atom. The maximum atomic E-state index is 3.78. The summed E-state index contributed by atoms with van der Waals surface area (Å²) < 4.78 is 0. The van der Waals surface area contributed by atoms with E-state index in [0.717, 1.165) is 12.8 Å². The largest absolute Gasteiger partial charge is 0.375 e. The highest BCUT2D eigenvalue weighted by Crippen LogP contribution is 2.39. The van der Waals surface area contributed by atoms with Crippen LogP contribution < -0.4 is 5.32 Å². The van der Waals surface area contributed by atoms with Crippen LogP contribution in [0.5, 0.6) is 0 Å². The van der Waals surface area contributed by atoms with Gasteiger partial charge in [-0.1, -0.05) is 55.5 Å². The second kappa shape index (κ2) is 4.49. The quantitative estimate of drug-likeness (QED) is 0.818. The van der Waals surface area contributed by atoms with Gasteiger partial charge >= 0.3 is 0 Å². The molecule has 2 aromatic rings. The number of anilines is 1. The van der Waals surface area contributed by atoms with Gasteiger partial charge in [-0.25, -0.2) is 0 Å². The first kappa shape index (κ1) is 11.3. The number of benzene rings is 2. The van der Waals surface area contributed by atoms with Crippen LogP contribution in [0.15, 0.2) is 54.6 Å². The van der Waals surface area contributed by atoms with Crippen LogP contribution in [0.4, 0.5) is 5.69 Å². The summed E-state index contributed by atoms with van der Waals surface area (Å²) in [5, 5.41) is 3.78. The van der Waals surface area contributed by atoms with E-state index in [1.54, 1.807) is 0 Å². The number of fused-ring (bicyclic) bond motifs is 1. The van der Waals surface area contributed by atoms with Crippen LogP contribution in [0, 0.1) is 0 Å². The summed E-state index contributed by atoms with van der Waals surface area (Å²) in [6.45, 7) is 2.27. The molecule has 2 aromatic carbocycles. The number of nitrogens with one attached hydrogen (secondary N) is 1. The van der Waals surface area contributed by atoms with Gasteiger partial charge in [-0.2, -0.15) is 0 Å². The smallest absolute Gasteiger partial charge is 0.0625 e.